The predicted molar refractivity (Wildman–Crippen MR) is 118 cm³/mol. The van der Waals surface area contributed by atoms with Crippen molar-refractivity contribution in [1.29, 1.82) is 0 Å². The Balaban J connectivity index is 1.16. The fourth-order valence-corrected chi connectivity index (χ4v) is 6.46. The number of amides is 1. The summed E-state index contributed by atoms with van der Waals surface area (Å²) in [7, 11) is -3.53. The van der Waals surface area contributed by atoms with Crippen LogP contribution >= 0.6 is 11.8 Å². The molecule has 8 nitrogen and oxygen atoms in total. The summed E-state index contributed by atoms with van der Waals surface area (Å²) in [5.74, 6) is 1.67. The van der Waals surface area contributed by atoms with E-state index >= 15 is 0 Å². The lowest BCUT2D eigenvalue weighted by Gasteiger charge is -2.34. The van der Waals surface area contributed by atoms with Crippen LogP contribution in [0.4, 0.5) is 0 Å². The lowest BCUT2D eigenvalue weighted by Crippen LogP contribution is -2.51. The van der Waals surface area contributed by atoms with Gasteiger partial charge in [-0.05, 0) is 61.8 Å². The molecule has 31 heavy (non-hydrogen) atoms. The van der Waals surface area contributed by atoms with Gasteiger partial charge in [-0.2, -0.15) is 4.31 Å². The van der Waals surface area contributed by atoms with E-state index in [9.17, 15) is 13.2 Å². The third-order valence-corrected chi connectivity index (χ3v) is 9.05. The zero-order chi connectivity index (χ0) is 21.4. The summed E-state index contributed by atoms with van der Waals surface area (Å²) in [5.41, 5.74) is 2.43. The average molecular weight is 462 g/mol. The van der Waals surface area contributed by atoms with Crippen LogP contribution in [0.1, 0.15) is 48.6 Å². The highest BCUT2D eigenvalue weighted by atomic mass is 32.2. The quantitative estimate of drug-likeness (QED) is 0.662. The molecule has 1 N–H and O–H groups in total. The molecule has 1 aliphatic heterocycles. The molecule has 5 rings (SSSR count). The molecule has 0 unspecified atom stereocenters. The molecule has 1 aromatic carbocycles. The number of hydrogen-bond donors (Lipinski definition) is 1. The van der Waals surface area contributed by atoms with Crippen molar-refractivity contribution < 1.29 is 13.2 Å². The number of benzene rings is 1. The Morgan fingerprint density at radius 1 is 1.10 bits per heavy atom. The number of aryl methyl sites for hydroxylation is 2. The molecule has 0 spiro atoms. The van der Waals surface area contributed by atoms with Crippen molar-refractivity contribution in [1.82, 2.24) is 24.4 Å². The SMILES string of the molecule is O=C(CSc1n[nH]c(C2CC2)n1)N1CCN(S(=O)(=O)c2ccc3c(c2)CCCC3)CC1. The average Bonchev–Trinajstić information content (AvgIpc) is 3.55. The summed E-state index contributed by atoms with van der Waals surface area (Å²) < 4.78 is 27.7. The summed E-state index contributed by atoms with van der Waals surface area (Å²) in [6.07, 6.45) is 6.57. The zero-order valence-corrected chi connectivity index (χ0v) is 19.1. The van der Waals surface area contributed by atoms with Gasteiger partial charge in [0, 0.05) is 32.1 Å². The largest absolute Gasteiger partial charge is 0.339 e. The van der Waals surface area contributed by atoms with Crippen molar-refractivity contribution in [3.63, 3.8) is 0 Å². The van der Waals surface area contributed by atoms with E-state index < -0.39 is 10.0 Å². The minimum Gasteiger partial charge on any atom is -0.339 e. The first kappa shape index (κ1) is 21.0. The van der Waals surface area contributed by atoms with Crippen LogP contribution in [0, 0.1) is 0 Å². The van der Waals surface area contributed by atoms with Crippen LogP contribution < -0.4 is 0 Å². The second-order valence-electron chi connectivity index (χ2n) is 8.49. The van der Waals surface area contributed by atoms with E-state index in [1.807, 2.05) is 12.1 Å². The van der Waals surface area contributed by atoms with Gasteiger partial charge in [0.2, 0.25) is 21.1 Å². The molecule has 1 amide bonds. The number of nitrogens with zero attached hydrogens (tertiary/aromatic N) is 4. The Labute approximate surface area is 186 Å². The molecule has 166 valence electrons. The number of hydrogen-bond acceptors (Lipinski definition) is 6. The van der Waals surface area contributed by atoms with Gasteiger partial charge in [0.25, 0.3) is 0 Å². The second-order valence-corrected chi connectivity index (χ2v) is 11.4. The maximum atomic E-state index is 13.1. The topological polar surface area (TPSA) is 99.3 Å². The number of H-pyrrole nitrogens is 1. The molecule has 2 aliphatic carbocycles. The van der Waals surface area contributed by atoms with E-state index in [1.165, 1.54) is 28.1 Å². The fraction of sp³-hybridized carbons (Fsp3) is 0.571. The fourth-order valence-electron chi connectivity index (χ4n) is 4.28. The number of thioether (sulfide) groups is 1. The first-order valence-electron chi connectivity index (χ1n) is 11.0. The normalized spacial score (nSPS) is 19.9. The number of aromatic amines is 1. The molecule has 2 heterocycles. The number of rotatable bonds is 6. The Morgan fingerprint density at radius 3 is 2.58 bits per heavy atom. The predicted octanol–water partition coefficient (Wildman–Crippen LogP) is 2.19. The van der Waals surface area contributed by atoms with Crippen molar-refractivity contribution in [2.45, 2.75) is 54.5 Å². The lowest BCUT2D eigenvalue weighted by molar-refractivity contribution is -0.129. The number of piperazine rings is 1. The van der Waals surface area contributed by atoms with Gasteiger partial charge in [-0.3, -0.25) is 9.89 Å². The first-order chi connectivity index (χ1) is 15.0. The molecule has 1 aromatic heterocycles. The number of carbonyl (C=O) groups is 1. The van der Waals surface area contributed by atoms with E-state index in [1.54, 1.807) is 11.0 Å². The third kappa shape index (κ3) is 4.51. The molecule has 10 heteroatoms. The van der Waals surface area contributed by atoms with Gasteiger partial charge >= 0.3 is 0 Å². The summed E-state index contributed by atoms with van der Waals surface area (Å²) in [5, 5.41) is 7.72. The lowest BCUT2D eigenvalue weighted by atomic mass is 9.92. The number of carbonyl (C=O) groups excluding carboxylic acids is 1. The van der Waals surface area contributed by atoms with Crippen LogP contribution in [-0.4, -0.2) is 70.6 Å². The maximum Gasteiger partial charge on any atom is 0.243 e. The van der Waals surface area contributed by atoms with Crippen LogP contribution in [0.3, 0.4) is 0 Å². The molecular formula is C21H27N5O3S2. The molecule has 0 atom stereocenters. The van der Waals surface area contributed by atoms with Crippen LogP contribution in [0.15, 0.2) is 28.3 Å². The second kappa shape index (κ2) is 8.55. The van der Waals surface area contributed by atoms with Crippen LogP contribution in [0.25, 0.3) is 0 Å². The van der Waals surface area contributed by atoms with Gasteiger partial charge in [0.1, 0.15) is 5.82 Å². The van der Waals surface area contributed by atoms with E-state index in [4.69, 9.17) is 0 Å². The monoisotopic (exact) mass is 461 g/mol. The zero-order valence-electron chi connectivity index (χ0n) is 17.4. The summed E-state index contributed by atoms with van der Waals surface area (Å²) >= 11 is 1.33. The summed E-state index contributed by atoms with van der Waals surface area (Å²) in [6, 6.07) is 5.56. The Kier molecular flexibility index (Phi) is 5.78. The molecule has 3 aliphatic rings. The van der Waals surface area contributed by atoms with Gasteiger partial charge in [-0.25, -0.2) is 13.4 Å². The van der Waals surface area contributed by atoms with Crippen LogP contribution in [-0.2, 0) is 27.7 Å². The maximum absolute atomic E-state index is 13.1. The molecule has 1 saturated carbocycles. The van der Waals surface area contributed by atoms with E-state index in [0.717, 1.165) is 43.5 Å². The van der Waals surface area contributed by atoms with Gasteiger partial charge in [-0.15, -0.1) is 5.10 Å². The molecule has 0 radical (unpaired) electrons. The Hall–Kier alpha value is -1.91. The van der Waals surface area contributed by atoms with Crippen molar-refractivity contribution >= 4 is 27.7 Å². The number of sulfonamides is 1. The van der Waals surface area contributed by atoms with Crippen molar-refractivity contribution in [2.24, 2.45) is 0 Å². The number of nitrogens with one attached hydrogen (secondary N) is 1. The van der Waals surface area contributed by atoms with Crippen LogP contribution in [0.2, 0.25) is 0 Å². The summed E-state index contributed by atoms with van der Waals surface area (Å²) in [6.45, 7) is 1.46. The standard InChI is InChI=1S/C21H27N5O3S2/c27-19(14-30-21-22-20(23-24-21)16-5-6-16)25-9-11-26(12-10-25)31(28,29)18-8-7-15-3-1-2-4-17(15)13-18/h7-8,13,16H,1-6,9-12,14H2,(H,22,23,24). The van der Waals surface area contributed by atoms with Crippen molar-refractivity contribution in [2.75, 3.05) is 31.9 Å². The number of fused-ring (bicyclic) bond motifs is 1. The number of aromatic nitrogens is 3. The van der Waals surface area contributed by atoms with Gasteiger partial charge in [0.15, 0.2) is 0 Å². The molecule has 2 aromatic rings. The molecule has 1 saturated heterocycles. The smallest absolute Gasteiger partial charge is 0.243 e. The van der Waals surface area contributed by atoms with Crippen LogP contribution in [0.5, 0.6) is 0 Å². The highest BCUT2D eigenvalue weighted by Gasteiger charge is 2.31. The van der Waals surface area contributed by atoms with Crippen molar-refractivity contribution in [3.8, 4) is 0 Å². The molecular weight excluding hydrogens is 434 g/mol. The molecule has 2 fully saturated rings. The highest BCUT2D eigenvalue weighted by Crippen LogP contribution is 2.38. The Bertz CT molecular complexity index is 1070. The first-order valence-corrected chi connectivity index (χ1v) is 13.4. The van der Waals surface area contributed by atoms with E-state index in [2.05, 4.69) is 15.2 Å². The van der Waals surface area contributed by atoms with E-state index in [-0.39, 0.29) is 11.7 Å². The molecule has 0 bridgehead atoms. The van der Waals surface area contributed by atoms with Gasteiger partial charge in [-0.1, -0.05) is 17.8 Å². The highest BCUT2D eigenvalue weighted by molar-refractivity contribution is 7.99. The Morgan fingerprint density at radius 2 is 1.84 bits per heavy atom. The minimum absolute atomic E-state index is 0.00593. The van der Waals surface area contributed by atoms with E-state index in [0.29, 0.717) is 42.1 Å². The van der Waals surface area contributed by atoms with Gasteiger partial charge < -0.3 is 4.90 Å². The van der Waals surface area contributed by atoms with Crippen molar-refractivity contribution in [3.05, 3.63) is 35.2 Å². The third-order valence-electron chi connectivity index (χ3n) is 6.32. The summed E-state index contributed by atoms with van der Waals surface area (Å²) in [4.78, 5) is 19.1. The minimum atomic E-state index is -3.53. The van der Waals surface area contributed by atoms with Gasteiger partial charge in [0.05, 0.1) is 10.6 Å².